The molecule has 0 bridgehead atoms. The van der Waals surface area contributed by atoms with Crippen molar-refractivity contribution in [2.24, 2.45) is 0 Å². The molecule has 1 amide bonds. The molecule has 34 heavy (non-hydrogen) atoms. The van der Waals surface area contributed by atoms with E-state index < -0.39 is 10.0 Å². The maximum Gasteiger partial charge on any atom is 0.241 e. The first-order valence-corrected chi connectivity index (χ1v) is 13.1. The Morgan fingerprint density at radius 3 is 2.24 bits per heavy atom. The van der Waals surface area contributed by atoms with Gasteiger partial charge in [0, 0.05) is 56.1 Å². The highest BCUT2D eigenvalue weighted by molar-refractivity contribution is 7.92. The van der Waals surface area contributed by atoms with Crippen molar-refractivity contribution in [1.29, 1.82) is 0 Å². The molecule has 9 heteroatoms. The second kappa shape index (κ2) is 11.1. The van der Waals surface area contributed by atoms with Crippen molar-refractivity contribution >= 4 is 33.4 Å². The molecule has 0 aliphatic carbocycles. The van der Waals surface area contributed by atoms with E-state index >= 15 is 0 Å². The van der Waals surface area contributed by atoms with Gasteiger partial charge in [0.2, 0.25) is 15.9 Å². The third kappa shape index (κ3) is 6.24. The lowest BCUT2D eigenvalue weighted by atomic mass is 10.2. The van der Waals surface area contributed by atoms with Crippen LogP contribution in [0.1, 0.15) is 12.5 Å². The molecule has 0 unspecified atom stereocenters. The van der Waals surface area contributed by atoms with Crippen molar-refractivity contribution < 1.29 is 17.9 Å². The number of amides is 1. The lowest BCUT2D eigenvalue weighted by Gasteiger charge is -2.36. The lowest BCUT2D eigenvalue weighted by Crippen LogP contribution is -2.53. The minimum absolute atomic E-state index is 0.0978. The predicted octanol–water partition coefficient (Wildman–Crippen LogP) is 2.47. The standard InChI is InChI=1S/C25H32N4O4S/c1-21(25(30)26-23-7-9-24(10-8-23)28-16-18-33-19-17-28)27-12-14-29(15-13-27)34(31,32)20-11-22-5-3-2-4-6-22/h2-11,20-21H,12-19H2,1H3,(H,26,30)/b20-11+/t21-/m1/s1. The molecular formula is C25H32N4O4S. The number of piperazine rings is 1. The first-order valence-electron chi connectivity index (χ1n) is 11.6. The van der Waals surface area contributed by atoms with Gasteiger partial charge in [-0.2, -0.15) is 4.31 Å². The van der Waals surface area contributed by atoms with Crippen LogP contribution in [-0.4, -0.2) is 82.1 Å². The minimum atomic E-state index is -3.50. The van der Waals surface area contributed by atoms with Gasteiger partial charge >= 0.3 is 0 Å². The number of nitrogens with zero attached hydrogens (tertiary/aromatic N) is 3. The Balaban J connectivity index is 1.27. The van der Waals surface area contributed by atoms with Gasteiger partial charge in [0.15, 0.2) is 0 Å². The van der Waals surface area contributed by atoms with E-state index in [9.17, 15) is 13.2 Å². The number of carbonyl (C=O) groups is 1. The number of anilines is 2. The molecular weight excluding hydrogens is 452 g/mol. The van der Waals surface area contributed by atoms with Crippen molar-refractivity contribution in [3.05, 3.63) is 65.6 Å². The van der Waals surface area contributed by atoms with Gasteiger partial charge in [-0.25, -0.2) is 8.42 Å². The highest BCUT2D eigenvalue weighted by Crippen LogP contribution is 2.20. The van der Waals surface area contributed by atoms with E-state index in [-0.39, 0.29) is 11.9 Å². The summed E-state index contributed by atoms with van der Waals surface area (Å²) >= 11 is 0. The van der Waals surface area contributed by atoms with E-state index in [0.717, 1.165) is 43.2 Å². The van der Waals surface area contributed by atoms with Crippen molar-refractivity contribution in [2.45, 2.75) is 13.0 Å². The van der Waals surface area contributed by atoms with Crippen LogP contribution in [0.15, 0.2) is 60.0 Å². The summed E-state index contributed by atoms with van der Waals surface area (Å²) in [5, 5.41) is 4.24. The molecule has 2 aliphatic rings. The Morgan fingerprint density at radius 1 is 0.941 bits per heavy atom. The first kappa shape index (κ1) is 24.4. The van der Waals surface area contributed by atoms with E-state index in [4.69, 9.17) is 4.74 Å². The maximum absolute atomic E-state index is 12.8. The summed E-state index contributed by atoms with van der Waals surface area (Å²) in [5.41, 5.74) is 2.71. The smallest absolute Gasteiger partial charge is 0.241 e. The molecule has 2 saturated heterocycles. The van der Waals surface area contributed by atoms with Crippen molar-refractivity contribution in [3.8, 4) is 0 Å². The molecule has 2 aromatic rings. The van der Waals surface area contributed by atoms with Crippen molar-refractivity contribution in [2.75, 3.05) is 62.7 Å². The summed E-state index contributed by atoms with van der Waals surface area (Å²) in [6.07, 6.45) is 1.61. The number of rotatable bonds is 7. The van der Waals surface area contributed by atoms with Crippen LogP contribution in [0.5, 0.6) is 0 Å². The number of ether oxygens (including phenoxy) is 1. The van der Waals surface area contributed by atoms with Gasteiger partial charge in [-0.3, -0.25) is 9.69 Å². The highest BCUT2D eigenvalue weighted by atomic mass is 32.2. The van der Waals surface area contributed by atoms with Gasteiger partial charge < -0.3 is 15.0 Å². The van der Waals surface area contributed by atoms with Crippen LogP contribution < -0.4 is 10.2 Å². The number of carbonyl (C=O) groups excluding carboxylic acids is 1. The molecule has 2 fully saturated rings. The zero-order valence-electron chi connectivity index (χ0n) is 19.5. The van der Waals surface area contributed by atoms with Crippen LogP contribution in [0, 0.1) is 0 Å². The second-order valence-corrected chi connectivity index (χ2v) is 10.3. The van der Waals surface area contributed by atoms with E-state index in [0.29, 0.717) is 26.2 Å². The average molecular weight is 485 g/mol. The quantitative estimate of drug-likeness (QED) is 0.650. The number of sulfonamides is 1. The Kier molecular flexibility index (Phi) is 7.99. The molecule has 1 atom stereocenters. The number of nitrogens with one attached hydrogen (secondary N) is 1. The summed E-state index contributed by atoms with van der Waals surface area (Å²) in [5.74, 6) is -0.0978. The molecule has 2 heterocycles. The van der Waals surface area contributed by atoms with Crippen LogP contribution in [0.2, 0.25) is 0 Å². The van der Waals surface area contributed by atoms with E-state index in [1.807, 2.05) is 66.4 Å². The molecule has 2 aliphatic heterocycles. The topological polar surface area (TPSA) is 82.2 Å². The molecule has 8 nitrogen and oxygen atoms in total. The fraction of sp³-hybridized carbons (Fsp3) is 0.400. The Hall–Kier alpha value is -2.72. The number of hydrogen-bond acceptors (Lipinski definition) is 6. The largest absolute Gasteiger partial charge is 0.378 e. The maximum atomic E-state index is 12.8. The predicted molar refractivity (Wildman–Crippen MR) is 135 cm³/mol. The van der Waals surface area contributed by atoms with Gasteiger partial charge in [-0.05, 0) is 42.8 Å². The Morgan fingerprint density at radius 2 is 1.59 bits per heavy atom. The van der Waals surface area contributed by atoms with Crippen LogP contribution in [0.25, 0.3) is 6.08 Å². The molecule has 0 radical (unpaired) electrons. The van der Waals surface area contributed by atoms with Crippen LogP contribution in [0.4, 0.5) is 11.4 Å². The van der Waals surface area contributed by atoms with E-state index in [1.165, 1.54) is 9.71 Å². The van der Waals surface area contributed by atoms with Crippen molar-refractivity contribution in [3.63, 3.8) is 0 Å². The molecule has 0 saturated carbocycles. The second-order valence-electron chi connectivity index (χ2n) is 8.50. The summed E-state index contributed by atoms with van der Waals surface area (Å²) in [7, 11) is -3.50. The molecule has 2 aromatic carbocycles. The molecule has 182 valence electrons. The highest BCUT2D eigenvalue weighted by Gasteiger charge is 2.29. The first-order chi connectivity index (χ1) is 16.4. The van der Waals surface area contributed by atoms with E-state index in [2.05, 4.69) is 10.2 Å². The van der Waals surface area contributed by atoms with Gasteiger partial charge in [0.05, 0.1) is 19.3 Å². The van der Waals surface area contributed by atoms with Crippen molar-refractivity contribution in [1.82, 2.24) is 9.21 Å². The summed E-state index contributed by atoms with van der Waals surface area (Å²) in [4.78, 5) is 17.1. The summed E-state index contributed by atoms with van der Waals surface area (Å²) < 4.78 is 32.2. The zero-order valence-corrected chi connectivity index (χ0v) is 20.3. The van der Waals surface area contributed by atoms with Gasteiger partial charge in [-0.1, -0.05) is 30.3 Å². The number of morpholine rings is 1. The normalized spacial score (nSPS) is 19.3. The lowest BCUT2D eigenvalue weighted by molar-refractivity contribution is -0.121. The van der Waals surface area contributed by atoms with Crippen LogP contribution in [-0.2, 0) is 19.6 Å². The SMILES string of the molecule is C[C@H](C(=O)Nc1ccc(N2CCOCC2)cc1)N1CCN(S(=O)(=O)/C=C/c2ccccc2)CC1. The van der Waals surface area contributed by atoms with Gasteiger partial charge in [-0.15, -0.1) is 0 Å². The summed E-state index contributed by atoms with van der Waals surface area (Å²) in [6.45, 7) is 6.77. The van der Waals surface area contributed by atoms with E-state index in [1.54, 1.807) is 6.08 Å². The Bertz CT molecular complexity index is 1080. The molecule has 0 aromatic heterocycles. The third-order valence-corrected chi connectivity index (χ3v) is 7.87. The fourth-order valence-corrected chi connectivity index (χ4v) is 5.32. The number of benzene rings is 2. The zero-order chi connectivity index (χ0) is 24.0. The minimum Gasteiger partial charge on any atom is -0.378 e. The van der Waals surface area contributed by atoms with Gasteiger partial charge in [0.25, 0.3) is 0 Å². The third-order valence-electron chi connectivity index (χ3n) is 6.30. The summed E-state index contributed by atoms with van der Waals surface area (Å²) in [6, 6.07) is 16.9. The molecule has 4 rings (SSSR count). The van der Waals surface area contributed by atoms with Crippen LogP contribution >= 0.6 is 0 Å². The number of hydrogen-bond donors (Lipinski definition) is 1. The van der Waals surface area contributed by atoms with Gasteiger partial charge in [0.1, 0.15) is 0 Å². The molecule has 1 N–H and O–H groups in total. The average Bonchev–Trinajstić information content (AvgIpc) is 2.89. The van der Waals surface area contributed by atoms with Crippen LogP contribution in [0.3, 0.4) is 0 Å². The fourth-order valence-electron chi connectivity index (χ4n) is 4.15. The Labute approximate surface area is 201 Å². The molecule has 0 spiro atoms. The monoisotopic (exact) mass is 484 g/mol.